The van der Waals surface area contributed by atoms with Crippen molar-refractivity contribution in [2.24, 2.45) is 0 Å². The van der Waals surface area contributed by atoms with Crippen molar-refractivity contribution in [1.82, 2.24) is 14.6 Å². The number of fused-ring (bicyclic) bond motifs is 1. The summed E-state index contributed by atoms with van der Waals surface area (Å²) in [5.41, 5.74) is 2.07. The molecule has 0 aliphatic rings. The van der Waals surface area contributed by atoms with Gasteiger partial charge in [-0.2, -0.15) is 4.98 Å². The first-order valence-corrected chi connectivity index (χ1v) is 4.87. The number of anilines is 1. The van der Waals surface area contributed by atoms with Crippen LogP contribution in [0.25, 0.3) is 5.65 Å². The van der Waals surface area contributed by atoms with Crippen molar-refractivity contribution in [3.8, 4) is 0 Å². The number of nitrogens with zero attached hydrogens (tertiary/aromatic N) is 3. The van der Waals surface area contributed by atoms with Gasteiger partial charge in [0.05, 0.1) is 0 Å². The van der Waals surface area contributed by atoms with Gasteiger partial charge >= 0.3 is 0 Å². The van der Waals surface area contributed by atoms with Gasteiger partial charge in [-0.25, -0.2) is 4.52 Å². The normalized spacial score (nSPS) is 10.7. The molecule has 74 valence electrons. The quantitative estimate of drug-likeness (QED) is 0.803. The van der Waals surface area contributed by atoms with E-state index in [1.54, 1.807) is 4.52 Å². The summed E-state index contributed by atoms with van der Waals surface area (Å²) in [6.07, 6.45) is 2.99. The molecule has 0 unspecified atom stereocenters. The van der Waals surface area contributed by atoms with E-state index in [0.29, 0.717) is 5.95 Å². The minimum atomic E-state index is 0.709. The number of nitrogens with one attached hydrogen (secondary N) is 1. The molecule has 0 bridgehead atoms. The summed E-state index contributed by atoms with van der Waals surface area (Å²) in [6.45, 7) is 5.07. The number of hydrogen-bond acceptors (Lipinski definition) is 3. The molecule has 0 aliphatic carbocycles. The largest absolute Gasteiger partial charge is 0.353 e. The van der Waals surface area contributed by atoms with Crippen molar-refractivity contribution in [1.29, 1.82) is 0 Å². The zero-order chi connectivity index (χ0) is 9.97. The van der Waals surface area contributed by atoms with E-state index in [2.05, 4.69) is 22.3 Å². The fourth-order valence-corrected chi connectivity index (χ4v) is 1.35. The van der Waals surface area contributed by atoms with E-state index in [0.717, 1.165) is 24.2 Å². The van der Waals surface area contributed by atoms with Crippen LogP contribution < -0.4 is 5.32 Å². The highest BCUT2D eigenvalue weighted by Crippen LogP contribution is 2.09. The molecule has 4 nitrogen and oxygen atoms in total. The first-order chi connectivity index (χ1) is 6.81. The van der Waals surface area contributed by atoms with Crippen LogP contribution in [0.1, 0.15) is 18.9 Å². The van der Waals surface area contributed by atoms with E-state index in [4.69, 9.17) is 0 Å². The van der Waals surface area contributed by atoms with Gasteiger partial charge in [0.25, 0.3) is 0 Å². The first kappa shape index (κ1) is 8.99. The molecule has 14 heavy (non-hydrogen) atoms. The zero-order valence-corrected chi connectivity index (χ0v) is 8.49. The summed E-state index contributed by atoms with van der Waals surface area (Å²) in [6, 6.07) is 4.01. The number of aryl methyl sites for hydroxylation is 1. The maximum atomic E-state index is 4.39. The highest BCUT2D eigenvalue weighted by molar-refractivity contribution is 5.49. The molecule has 0 fully saturated rings. The molecule has 0 aliphatic heterocycles. The van der Waals surface area contributed by atoms with Crippen molar-refractivity contribution in [3.63, 3.8) is 0 Å². The number of pyridine rings is 1. The lowest BCUT2D eigenvalue weighted by Crippen LogP contribution is -2.01. The third-order valence-electron chi connectivity index (χ3n) is 2.09. The Morgan fingerprint density at radius 3 is 3.07 bits per heavy atom. The van der Waals surface area contributed by atoms with Crippen molar-refractivity contribution in [2.75, 3.05) is 11.9 Å². The Hall–Kier alpha value is -1.58. The van der Waals surface area contributed by atoms with Crippen LogP contribution in [0.4, 0.5) is 5.95 Å². The van der Waals surface area contributed by atoms with Crippen molar-refractivity contribution in [3.05, 3.63) is 23.9 Å². The maximum Gasteiger partial charge on any atom is 0.243 e. The Morgan fingerprint density at radius 2 is 2.36 bits per heavy atom. The van der Waals surface area contributed by atoms with E-state index in [1.165, 1.54) is 0 Å². The molecule has 4 heteroatoms. The van der Waals surface area contributed by atoms with E-state index < -0.39 is 0 Å². The van der Waals surface area contributed by atoms with Gasteiger partial charge in [0.2, 0.25) is 5.95 Å². The molecule has 1 N–H and O–H groups in total. The van der Waals surface area contributed by atoms with Crippen LogP contribution in [0.3, 0.4) is 0 Å². The molecule has 0 radical (unpaired) electrons. The van der Waals surface area contributed by atoms with E-state index in [-0.39, 0.29) is 0 Å². The Labute approximate surface area is 83.0 Å². The molecule has 0 spiro atoms. The maximum absolute atomic E-state index is 4.39. The molecule has 0 saturated carbocycles. The molecule has 2 aromatic heterocycles. The van der Waals surface area contributed by atoms with Gasteiger partial charge in [-0.1, -0.05) is 13.0 Å². The third kappa shape index (κ3) is 1.55. The van der Waals surface area contributed by atoms with Gasteiger partial charge in [0.1, 0.15) is 0 Å². The summed E-state index contributed by atoms with van der Waals surface area (Å²) in [7, 11) is 0. The fraction of sp³-hybridized carbons (Fsp3) is 0.400. The molecule has 2 aromatic rings. The van der Waals surface area contributed by atoms with Crippen LogP contribution in [0.2, 0.25) is 0 Å². The topological polar surface area (TPSA) is 42.2 Å². The molecule has 0 saturated heterocycles. The fourth-order valence-electron chi connectivity index (χ4n) is 1.35. The zero-order valence-electron chi connectivity index (χ0n) is 8.49. The standard InChI is InChI=1S/C10H14N4/c1-3-6-11-10-12-9-8(2)5-4-7-14(9)13-10/h4-5,7H,3,6H2,1-2H3,(H,11,13). The lowest BCUT2D eigenvalue weighted by Gasteiger charge is -1.94. The SMILES string of the molecule is CCCNc1nc2c(C)cccn2n1. The van der Waals surface area contributed by atoms with Crippen molar-refractivity contribution in [2.45, 2.75) is 20.3 Å². The molecule has 0 amide bonds. The second kappa shape index (κ2) is 3.65. The highest BCUT2D eigenvalue weighted by atomic mass is 15.3. The summed E-state index contributed by atoms with van der Waals surface area (Å²) in [4.78, 5) is 4.39. The molecule has 2 rings (SSSR count). The lowest BCUT2D eigenvalue weighted by molar-refractivity contribution is 0.923. The van der Waals surface area contributed by atoms with Gasteiger partial charge in [-0.05, 0) is 25.0 Å². The lowest BCUT2D eigenvalue weighted by atomic mass is 10.3. The summed E-state index contributed by atoms with van der Waals surface area (Å²) in [5.74, 6) is 0.709. The van der Waals surface area contributed by atoms with Gasteiger partial charge in [-0.3, -0.25) is 0 Å². The predicted octanol–water partition coefficient (Wildman–Crippen LogP) is 1.86. The van der Waals surface area contributed by atoms with Crippen molar-refractivity contribution >= 4 is 11.6 Å². The van der Waals surface area contributed by atoms with Gasteiger partial charge in [0, 0.05) is 12.7 Å². The molecule has 0 atom stereocenters. The molecular weight excluding hydrogens is 176 g/mol. The van der Waals surface area contributed by atoms with Crippen LogP contribution in [-0.4, -0.2) is 21.1 Å². The number of aromatic nitrogens is 3. The van der Waals surface area contributed by atoms with Crippen LogP contribution in [0.15, 0.2) is 18.3 Å². The van der Waals surface area contributed by atoms with Gasteiger partial charge < -0.3 is 5.32 Å². The monoisotopic (exact) mass is 190 g/mol. The van der Waals surface area contributed by atoms with Crippen LogP contribution in [0.5, 0.6) is 0 Å². The summed E-state index contributed by atoms with van der Waals surface area (Å²) < 4.78 is 1.80. The summed E-state index contributed by atoms with van der Waals surface area (Å²) in [5, 5.41) is 7.47. The Morgan fingerprint density at radius 1 is 1.50 bits per heavy atom. The molecular formula is C10H14N4. The Kier molecular flexibility index (Phi) is 2.35. The second-order valence-electron chi connectivity index (χ2n) is 3.32. The van der Waals surface area contributed by atoms with Gasteiger partial charge in [0.15, 0.2) is 5.65 Å². The van der Waals surface area contributed by atoms with E-state index in [9.17, 15) is 0 Å². The van der Waals surface area contributed by atoms with Crippen LogP contribution in [0, 0.1) is 6.92 Å². The van der Waals surface area contributed by atoms with Crippen LogP contribution >= 0.6 is 0 Å². The summed E-state index contributed by atoms with van der Waals surface area (Å²) >= 11 is 0. The van der Waals surface area contributed by atoms with Gasteiger partial charge in [-0.15, -0.1) is 5.10 Å². The second-order valence-corrected chi connectivity index (χ2v) is 3.32. The van der Waals surface area contributed by atoms with E-state index in [1.807, 2.05) is 25.3 Å². The van der Waals surface area contributed by atoms with E-state index >= 15 is 0 Å². The first-order valence-electron chi connectivity index (χ1n) is 4.87. The van der Waals surface area contributed by atoms with Crippen molar-refractivity contribution < 1.29 is 0 Å². The van der Waals surface area contributed by atoms with Crippen LogP contribution in [-0.2, 0) is 0 Å². The molecule has 2 heterocycles. The smallest absolute Gasteiger partial charge is 0.243 e. The Bertz CT molecular complexity index is 433. The minimum Gasteiger partial charge on any atom is -0.353 e. The predicted molar refractivity (Wildman–Crippen MR) is 56.5 cm³/mol. The number of rotatable bonds is 3. The molecule has 0 aromatic carbocycles. The minimum absolute atomic E-state index is 0.709. The average Bonchev–Trinajstić information content (AvgIpc) is 2.59. The number of hydrogen-bond donors (Lipinski definition) is 1. The highest BCUT2D eigenvalue weighted by Gasteiger charge is 2.03. The third-order valence-corrected chi connectivity index (χ3v) is 2.09. The average molecular weight is 190 g/mol. The Balaban J connectivity index is 2.36.